The van der Waals surface area contributed by atoms with Gasteiger partial charge in [-0.15, -0.1) is 0 Å². The van der Waals surface area contributed by atoms with Gasteiger partial charge in [0.25, 0.3) is 0 Å². The van der Waals surface area contributed by atoms with Gasteiger partial charge < -0.3 is 0 Å². The van der Waals surface area contributed by atoms with Gasteiger partial charge in [-0.3, -0.25) is 19.2 Å². The zero-order valence-corrected chi connectivity index (χ0v) is 15.2. The summed E-state index contributed by atoms with van der Waals surface area (Å²) in [4.78, 5) is 45.7. The zero-order valence-electron chi connectivity index (χ0n) is 14.4. The van der Waals surface area contributed by atoms with E-state index in [-0.39, 0.29) is 43.6 Å². The molecular formula is C19H16O6S. The van der Waals surface area contributed by atoms with Crippen LogP contribution >= 0.6 is 0 Å². The van der Waals surface area contributed by atoms with Crippen LogP contribution in [-0.4, -0.2) is 32.1 Å². The molecule has 0 saturated heterocycles. The fourth-order valence-electron chi connectivity index (χ4n) is 2.55. The van der Waals surface area contributed by atoms with E-state index in [1.54, 1.807) is 0 Å². The normalized spacial score (nSPS) is 11.0. The van der Waals surface area contributed by atoms with E-state index in [2.05, 4.69) is 0 Å². The molecule has 134 valence electrons. The topological polar surface area (TPSA) is 102 Å². The highest BCUT2D eigenvalue weighted by Crippen LogP contribution is 2.25. The molecule has 0 unspecified atom stereocenters. The average molecular weight is 372 g/mol. The largest absolute Gasteiger partial charge is 0.298 e. The minimum Gasteiger partial charge on any atom is -0.298 e. The summed E-state index contributed by atoms with van der Waals surface area (Å²) >= 11 is 0. The van der Waals surface area contributed by atoms with Gasteiger partial charge in [0.2, 0.25) is 9.84 Å². The number of carbonyl (C=O) groups is 4. The summed E-state index contributed by atoms with van der Waals surface area (Å²) in [6, 6.07) is 7.29. The predicted octanol–water partition coefficient (Wildman–Crippen LogP) is 2.94. The first-order valence-corrected chi connectivity index (χ1v) is 9.09. The molecule has 0 bridgehead atoms. The van der Waals surface area contributed by atoms with E-state index in [1.165, 1.54) is 45.0 Å². The lowest BCUT2D eigenvalue weighted by molar-refractivity contribution is 0.0980. The van der Waals surface area contributed by atoms with Crippen molar-refractivity contribution in [2.24, 2.45) is 0 Å². The van der Waals surface area contributed by atoms with Crippen molar-refractivity contribution in [3.8, 4) is 0 Å². The van der Waals surface area contributed by atoms with Crippen molar-refractivity contribution >= 4 is 33.5 Å². The molecule has 0 aliphatic heterocycles. The SMILES string of the molecule is CC(=O)c1ccc(S(=O)(=O)c2ccc(C(C)=O)c(C(C)=O)c2)cc1C=O. The number of hydrogen-bond acceptors (Lipinski definition) is 6. The molecule has 0 atom stereocenters. The lowest BCUT2D eigenvalue weighted by atomic mass is 10.0. The Hall–Kier alpha value is -2.93. The third-order valence-electron chi connectivity index (χ3n) is 3.90. The molecule has 7 heteroatoms. The van der Waals surface area contributed by atoms with Crippen molar-refractivity contribution in [2.45, 2.75) is 30.6 Å². The van der Waals surface area contributed by atoms with Crippen molar-refractivity contribution in [2.75, 3.05) is 0 Å². The van der Waals surface area contributed by atoms with Gasteiger partial charge in [-0.05, 0) is 57.2 Å². The van der Waals surface area contributed by atoms with Crippen molar-refractivity contribution in [1.29, 1.82) is 0 Å². The lowest BCUT2D eigenvalue weighted by Gasteiger charge is -2.10. The Balaban J connectivity index is 2.66. The van der Waals surface area contributed by atoms with E-state index in [0.717, 1.165) is 12.1 Å². The summed E-state index contributed by atoms with van der Waals surface area (Å²) in [7, 11) is -4.05. The third kappa shape index (κ3) is 3.52. The highest BCUT2D eigenvalue weighted by Gasteiger charge is 2.23. The summed E-state index contributed by atoms with van der Waals surface area (Å²) in [5.41, 5.74) is 0.229. The van der Waals surface area contributed by atoms with E-state index in [0.29, 0.717) is 6.29 Å². The number of rotatable bonds is 6. The molecule has 0 radical (unpaired) electrons. The fraction of sp³-hybridized carbons (Fsp3) is 0.158. The molecule has 2 aromatic rings. The maximum Gasteiger partial charge on any atom is 0.206 e. The Morgan fingerprint density at radius 3 is 1.65 bits per heavy atom. The average Bonchev–Trinajstić information content (AvgIpc) is 2.60. The Morgan fingerprint density at radius 1 is 0.731 bits per heavy atom. The molecule has 0 spiro atoms. The molecular weight excluding hydrogens is 356 g/mol. The number of carbonyl (C=O) groups excluding carboxylic acids is 4. The molecule has 0 aromatic heterocycles. The van der Waals surface area contributed by atoms with Gasteiger partial charge in [0, 0.05) is 22.3 Å². The molecule has 0 heterocycles. The highest BCUT2D eigenvalue weighted by atomic mass is 32.2. The van der Waals surface area contributed by atoms with Crippen LogP contribution in [0.25, 0.3) is 0 Å². The van der Waals surface area contributed by atoms with Crippen LogP contribution in [0.5, 0.6) is 0 Å². The first-order chi connectivity index (χ1) is 12.1. The van der Waals surface area contributed by atoms with Gasteiger partial charge in [0.15, 0.2) is 23.6 Å². The molecule has 2 aromatic carbocycles. The van der Waals surface area contributed by atoms with Gasteiger partial charge in [-0.2, -0.15) is 0 Å². The number of aldehydes is 1. The van der Waals surface area contributed by atoms with Gasteiger partial charge in [-0.25, -0.2) is 8.42 Å². The van der Waals surface area contributed by atoms with Crippen LogP contribution in [0.4, 0.5) is 0 Å². The van der Waals surface area contributed by atoms with Crippen LogP contribution < -0.4 is 0 Å². The minimum absolute atomic E-state index is 0.00884. The molecule has 0 aliphatic rings. The third-order valence-corrected chi connectivity index (χ3v) is 5.65. The molecule has 0 aliphatic carbocycles. The second kappa shape index (κ2) is 7.13. The molecule has 6 nitrogen and oxygen atoms in total. The number of sulfone groups is 1. The van der Waals surface area contributed by atoms with E-state index in [1.807, 2.05) is 0 Å². The number of hydrogen-bond donors (Lipinski definition) is 0. The second-order valence-corrected chi connectivity index (χ2v) is 7.70. The van der Waals surface area contributed by atoms with Crippen LogP contribution in [0.1, 0.15) is 62.2 Å². The lowest BCUT2D eigenvalue weighted by Crippen LogP contribution is -2.09. The first kappa shape index (κ1) is 19.4. The summed E-state index contributed by atoms with van der Waals surface area (Å²) in [5, 5.41) is 0. The number of ketones is 3. The van der Waals surface area contributed by atoms with Crippen LogP contribution in [0, 0.1) is 0 Å². The summed E-state index contributed by atoms with van der Waals surface area (Å²) in [6.45, 7) is 3.80. The van der Waals surface area contributed by atoms with Crippen LogP contribution in [-0.2, 0) is 9.84 Å². The van der Waals surface area contributed by atoms with Crippen LogP contribution in [0.2, 0.25) is 0 Å². The smallest absolute Gasteiger partial charge is 0.206 e. The van der Waals surface area contributed by atoms with Crippen LogP contribution in [0.15, 0.2) is 46.2 Å². The van der Waals surface area contributed by atoms with E-state index in [4.69, 9.17) is 0 Å². The second-order valence-electron chi connectivity index (χ2n) is 5.75. The Labute approximate surface area is 150 Å². The maximum absolute atomic E-state index is 12.8. The Bertz CT molecular complexity index is 1050. The first-order valence-electron chi connectivity index (χ1n) is 7.60. The quantitative estimate of drug-likeness (QED) is 0.570. The molecule has 0 amide bonds. The highest BCUT2D eigenvalue weighted by molar-refractivity contribution is 7.91. The molecule has 0 fully saturated rings. The fourth-order valence-corrected chi connectivity index (χ4v) is 3.87. The molecule has 0 N–H and O–H groups in total. The van der Waals surface area contributed by atoms with Crippen LogP contribution in [0.3, 0.4) is 0 Å². The van der Waals surface area contributed by atoms with Gasteiger partial charge in [0.1, 0.15) is 0 Å². The summed E-state index contributed by atoms with van der Waals surface area (Å²) in [5.74, 6) is -1.15. The zero-order chi connectivity index (χ0) is 19.6. The molecule has 26 heavy (non-hydrogen) atoms. The van der Waals surface area contributed by atoms with Gasteiger partial charge in [-0.1, -0.05) is 0 Å². The van der Waals surface area contributed by atoms with Gasteiger partial charge in [0.05, 0.1) is 9.79 Å². The summed E-state index contributed by atoms with van der Waals surface area (Å²) < 4.78 is 25.7. The molecule has 0 saturated carbocycles. The van der Waals surface area contributed by atoms with Crippen molar-refractivity contribution in [3.05, 3.63) is 58.7 Å². The standard InChI is InChI=1S/C19H16O6S/c1-11(21)17-6-4-15(8-14(17)10-20)26(24,25)16-5-7-18(12(2)22)19(9-16)13(3)23/h4-10H,1-3H3. The van der Waals surface area contributed by atoms with Crippen molar-refractivity contribution in [3.63, 3.8) is 0 Å². The van der Waals surface area contributed by atoms with Crippen molar-refractivity contribution in [1.82, 2.24) is 0 Å². The monoisotopic (exact) mass is 372 g/mol. The van der Waals surface area contributed by atoms with Gasteiger partial charge >= 0.3 is 0 Å². The Morgan fingerprint density at radius 2 is 1.19 bits per heavy atom. The van der Waals surface area contributed by atoms with Crippen molar-refractivity contribution < 1.29 is 27.6 Å². The predicted molar refractivity (Wildman–Crippen MR) is 93.7 cm³/mol. The molecule has 2 rings (SSSR count). The number of benzene rings is 2. The van der Waals surface area contributed by atoms with E-state index >= 15 is 0 Å². The maximum atomic E-state index is 12.8. The summed E-state index contributed by atoms with van der Waals surface area (Å²) in [6.07, 6.45) is 0.412. The number of Topliss-reactive ketones (excluding diaryl/α,β-unsaturated/α-hetero) is 3. The van der Waals surface area contributed by atoms with E-state index < -0.39 is 15.6 Å². The minimum atomic E-state index is -4.05. The Kier molecular flexibility index (Phi) is 5.32. The van der Waals surface area contributed by atoms with E-state index in [9.17, 15) is 27.6 Å².